The first kappa shape index (κ1) is 11.6. The zero-order valence-electron chi connectivity index (χ0n) is 9.32. The van der Waals surface area contributed by atoms with E-state index < -0.39 is 5.97 Å². The number of amides is 1. The highest BCUT2D eigenvalue weighted by Crippen LogP contribution is 2.16. The number of nitrogens with one attached hydrogen (secondary N) is 2. The van der Waals surface area contributed by atoms with Gasteiger partial charge in [-0.05, 0) is 23.3 Å². The number of aliphatic carboxylic acids is 1. The molecule has 17 heavy (non-hydrogen) atoms. The molecule has 5 heteroatoms. The van der Waals surface area contributed by atoms with Gasteiger partial charge >= 0.3 is 5.97 Å². The third-order valence-electron chi connectivity index (χ3n) is 2.72. The summed E-state index contributed by atoms with van der Waals surface area (Å²) in [5.41, 5.74) is 2.93. The van der Waals surface area contributed by atoms with Gasteiger partial charge in [0.2, 0.25) is 0 Å². The van der Waals surface area contributed by atoms with Crippen molar-refractivity contribution >= 4 is 11.9 Å². The number of hydrogen-bond acceptors (Lipinski definition) is 3. The van der Waals surface area contributed by atoms with E-state index in [1.54, 1.807) is 6.07 Å². The van der Waals surface area contributed by atoms with Crippen molar-refractivity contribution in [2.75, 3.05) is 6.54 Å². The lowest BCUT2D eigenvalue weighted by Crippen LogP contribution is -2.26. The van der Waals surface area contributed by atoms with Gasteiger partial charge in [-0.15, -0.1) is 0 Å². The summed E-state index contributed by atoms with van der Waals surface area (Å²) in [5.74, 6) is -1.13. The SMILES string of the molecule is O=C(O)CCNC(=O)c1ccc2c(c1)CNC2. The van der Waals surface area contributed by atoms with E-state index in [-0.39, 0.29) is 18.9 Å². The third-order valence-corrected chi connectivity index (χ3v) is 2.72. The van der Waals surface area contributed by atoms with E-state index in [0.29, 0.717) is 5.56 Å². The maximum atomic E-state index is 11.7. The van der Waals surface area contributed by atoms with Crippen LogP contribution in [-0.4, -0.2) is 23.5 Å². The van der Waals surface area contributed by atoms with Gasteiger partial charge in [0, 0.05) is 25.2 Å². The Morgan fingerprint density at radius 3 is 2.82 bits per heavy atom. The molecule has 1 aliphatic rings. The molecule has 5 nitrogen and oxygen atoms in total. The van der Waals surface area contributed by atoms with Gasteiger partial charge in [-0.1, -0.05) is 6.07 Å². The van der Waals surface area contributed by atoms with Gasteiger partial charge in [-0.3, -0.25) is 9.59 Å². The van der Waals surface area contributed by atoms with E-state index in [2.05, 4.69) is 10.6 Å². The summed E-state index contributed by atoms with van der Waals surface area (Å²) < 4.78 is 0. The van der Waals surface area contributed by atoms with Crippen LogP contribution in [0.4, 0.5) is 0 Å². The Bertz CT molecular complexity index is 457. The quantitative estimate of drug-likeness (QED) is 0.708. The topological polar surface area (TPSA) is 78.4 Å². The number of carbonyl (C=O) groups is 2. The summed E-state index contributed by atoms with van der Waals surface area (Å²) in [6.45, 7) is 1.78. The molecule has 90 valence electrons. The Morgan fingerprint density at radius 2 is 2.06 bits per heavy atom. The molecule has 0 bridgehead atoms. The number of fused-ring (bicyclic) bond motifs is 1. The highest BCUT2D eigenvalue weighted by Gasteiger charge is 2.13. The molecular weight excluding hydrogens is 220 g/mol. The fraction of sp³-hybridized carbons (Fsp3) is 0.333. The van der Waals surface area contributed by atoms with Crippen LogP contribution >= 0.6 is 0 Å². The lowest BCUT2D eigenvalue weighted by atomic mass is 10.1. The fourth-order valence-corrected chi connectivity index (χ4v) is 1.82. The molecule has 0 fully saturated rings. The number of rotatable bonds is 4. The third kappa shape index (κ3) is 2.82. The average molecular weight is 234 g/mol. The predicted molar refractivity (Wildman–Crippen MR) is 61.6 cm³/mol. The highest BCUT2D eigenvalue weighted by molar-refractivity contribution is 5.94. The molecule has 1 aromatic carbocycles. The fourth-order valence-electron chi connectivity index (χ4n) is 1.82. The van der Waals surface area contributed by atoms with E-state index in [4.69, 9.17) is 5.11 Å². The molecule has 0 aliphatic carbocycles. The minimum absolute atomic E-state index is 0.0573. The number of carboxylic acid groups (broad SMARTS) is 1. The molecule has 2 rings (SSSR count). The Balaban J connectivity index is 1.97. The van der Waals surface area contributed by atoms with Gasteiger partial charge < -0.3 is 15.7 Å². The smallest absolute Gasteiger partial charge is 0.305 e. The molecule has 0 aromatic heterocycles. The Hall–Kier alpha value is -1.88. The first-order valence-corrected chi connectivity index (χ1v) is 5.49. The van der Waals surface area contributed by atoms with Crippen LogP contribution < -0.4 is 10.6 Å². The molecule has 1 amide bonds. The highest BCUT2D eigenvalue weighted by atomic mass is 16.4. The van der Waals surface area contributed by atoms with Crippen LogP contribution in [0.25, 0.3) is 0 Å². The molecular formula is C12H14N2O3. The van der Waals surface area contributed by atoms with E-state index in [0.717, 1.165) is 18.7 Å². The first-order valence-electron chi connectivity index (χ1n) is 5.49. The number of hydrogen-bond donors (Lipinski definition) is 3. The zero-order valence-corrected chi connectivity index (χ0v) is 9.32. The van der Waals surface area contributed by atoms with Gasteiger partial charge in [0.1, 0.15) is 0 Å². The number of benzene rings is 1. The van der Waals surface area contributed by atoms with Crippen molar-refractivity contribution in [3.63, 3.8) is 0 Å². The van der Waals surface area contributed by atoms with Gasteiger partial charge in [0.15, 0.2) is 0 Å². The van der Waals surface area contributed by atoms with Gasteiger partial charge in [-0.25, -0.2) is 0 Å². The molecule has 0 saturated carbocycles. The standard InChI is InChI=1S/C12H14N2O3/c15-11(16)3-4-14-12(17)8-1-2-9-6-13-7-10(9)5-8/h1-2,5,13H,3-4,6-7H2,(H,14,17)(H,15,16). The minimum Gasteiger partial charge on any atom is -0.481 e. The summed E-state index contributed by atoms with van der Waals surface area (Å²) >= 11 is 0. The molecule has 1 aromatic rings. The molecule has 1 heterocycles. The predicted octanol–water partition coefficient (Wildman–Crippen LogP) is 0.494. The normalized spacial score (nSPS) is 13.2. The molecule has 0 atom stereocenters. The van der Waals surface area contributed by atoms with Crippen LogP contribution in [0, 0.1) is 0 Å². The lowest BCUT2D eigenvalue weighted by molar-refractivity contribution is -0.136. The maximum absolute atomic E-state index is 11.7. The molecule has 0 unspecified atom stereocenters. The second-order valence-corrected chi connectivity index (χ2v) is 3.99. The van der Waals surface area contributed by atoms with Crippen LogP contribution in [0.2, 0.25) is 0 Å². The van der Waals surface area contributed by atoms with Crippen LogP contribution in [-0.2, 0) is 17.9 Å². The van der Waals surface area contributed by atoms with Crippen LogP contribution in [0.3, 0.4) is 0 Å². The lowest BCUT2D eigenvalue weighted by Gasteiger charge is -2.05. The molecule has 0 radical (unpaired) electrons. The summed E-state index contributed by atoms with van der Waals surface area (Å²) in [5, 5.41) is 14.2. The van der Waals surface area contributed by atoms with E-state index in [1.165, 1.54) is 5.56 Å². The zero-order chi connectivity index (χ0) is 12.3. The second kappa shape index (κ2) is 4.97. The minimum atomic E-state index is -0.913. The molecule has 1 aliphatic heterocycles. The van der Waals surface area contributed by atoms with Crippen LogP contribution in [0.1, 0.15) is 27.9 Å². The molecule has 3 N–H and O–H groups in total. The second-order valence-electron chi connectivity index (χ2n) is 3.99. The average Bonchev–Trinajstić information content (AvgIpc) is 2.75. The maximum Gasteiger partial charge on any atom is 0.305 e. The van der Waals surface area contributed by atoms with Crippen molar-refractivity contribution in [3.05, 3.63) is 34.9 Å². The van der Waals surface area contributed by atoms with Crippen molar-refractivity contribution in [1.29, 1.82) is 0 Å². The van der Waals surface area contributed by atoms with E-state index >= 15 is 0 Å². The van der Waals surface area contributed by atoms with Crippen molar-refractivity contribution in [1.82, 2.24) is 10.6 Å². The Kier molecular flexibility index (Phi) is 3.39. The van der Waals surface area contributed by atoms with Crippen molar-refractivity contribution < 1.29 is 14.7 Å². The van der Waals surface area contributed by atoms with Crippen LogP contribution in [0.5, 0.6) is 0 Å². The van der Waals surface area contributed by atoms with E-state index in [9.17, 15) is 9.59 Å². The first-order chi connectivity index (χ1) is 8.16. The van der Waals surface area contributed by atoms with Crippen LogP contribution in [0.15, 0.2) is 18.2 Å². The molecule has 0 saturated heterocycles. The summed E-state index contributed by atoms with van der Waals surface area (Å²) in [6.07, 6.45) is -0.0573. The summed E-state index contributed by atoms with van der Waals surface area (Å²) in [4.78, 5) is 22.0. The Morgan fingerprint density at radius 1 is 1.29 bits per heavy atom. The van der Waals surface area contributed by atoms with Crippen molar-refractivity contribution in [3.8, 4) is 0 Å². The van der Waals surface area contributed by atoms with Crippen molar-refractivity contribution in [2.45, 2.75) is 19.5 Å². The van der Waals surface area contributed by atoms with Gasteiger partial charge in [-0.2, -0.15) is 0 Å². The largest absolute Gasteiger partial charge is 0.481 e. The van der Waals surface area contributed by atoms with Crippen molar-refractivity contribution in [2.24, 2.45) is 0 Å². The molecule has 0 spiro atoms. The Labute approximate surface area is 98.8 Å². The van der Waals surface area contributed by atoms with Gasteiger partial charge in [0.05, 0.1) is 6.42 Å². The number of carbonyl (C=O) groups excluding carboxylic acids is 1. The monoisotopic (exact) mass is 234 g/mol. The van der Waals surface area contributed by atoms with Gasteiger partial charge in [0.25, 0.3) is 5.91 Å². The summed E-state index contributed by atoms with van der Waals surface area (Å²) in [7, 11) is 0. The van der Waals surface area contributed by atoms with E-state index in [1.807, 2.05) is 12.1 Å². The number of carboxylic acids is 1. The summed E-state index contributed by atoms with van der Waals surface area (Å²) in [6, 6.07) is 5.55.